The lowest BCUT2D eigenvalue weighted by atomic mass is 9.70. The fraction of sp³-hybridized carbons (Fsp3) is 0.0137. The standard InChI is InChI=1S/C73H45N/c1-2-17-50-42-53(37-35-46(50)15-1)74(54-38-40-61-59-21-6-5-19-57(59)58-20-7-8-22-60(58)66(61)43-54)72-45-71-67(64-25-11-14-28-70(64)73(71)68-26-12-9-23-62(68)63-24-10-13-27-69(63)73)44-65(72)49-31-29-47(30-32-49)51-36-39-56-52(41-51)34-33-48-16-3-4-18-55(48)56/h1-45H. The van der Waals surface area contributed by atoms with Gasteiger partial charge in [0, 0.05) is 16.9 Å². The summed E-state index contributed by atoms with van der Waals surface area (Å²) in [6, 6.07) is 103. The summed E-state index contributed by atoms with van der Waals surface area (Å²) in [5, 5.41) is 15.0. The molecule has 0 fully saturated rings. The molecule has 14 aromatic carbocycles. The molecule has 0 bridgehead atoms. The second-order valence-electron chi connectivity index (χ2n) is 20.3. The van der Waals surface area contributed by atoms with E-state index in [1.54, 1.807) is 0 Å². The third-order valence-electron chi connectivity index (χ3n) is 16.6. The summed E-state index contributed by atoms with van der Waals surface area (Å²) in [4.78, 5) is 2.55. The van der Waals surface area contributed by atoms with E-state index in [1.807, 2.05) is 0 Å². The molecule has 0 atom stereocenters. The van der Waals surface area contributed by atoms with E-state index in [-0.39, 0.29) is 0 Å². The Labute approximate surface area is 429 Å². The van der Waals surface area contributed by atoms with Gasteiger partial charge in [0.1, 0.15) is 0 Å². The Morgan fingerprint density at radius 1 is 0.216 bits per heavy atom. The Balaban J connectivity index is 0.985. The molecule has 342 valence electrons. The highest BCUT2D eigenvalue weighted by Crippen LogP contribution is 2.64. The van der Waals surface area contributed by atoms with E-state index < -0.39 is 5.41 Å². The van der Waals surface area contributed by atoms with Crippen LogP contribution in [0.1, 0.15) is 22.3 Å². The van der Waals surface area contributed by atoms with E-state index in [0.29, 0.717) is 0 Å². The van der Waals surface area contributed by atoms with Crippen LogP contribution in [0.25, 0.3) is 109 Å². The van der Waals surface area contributed by atoms with Gasteiger partial charge in [0.2, 0.25) is 0 Å². The minimum Gasteiger partial charge on any atom is -0.310 e. The SMILES string of the molecule is c1ccc2c(c1)-c1ccccc1C21c2ccccc2-c2cc(-c3ccc(-c4ccc5c(ccc6ccccc65)c4)cc3)c(N(c3ccc4ccccc4c3)c3ccc4c5ccccc5c5ccccc5c4c3)cc21. The molecule has 0 saturated carbocycles. The van der Waals surface area contributed by atoms with E-state index in [2.05, 4.69) is 278 Å². The van der Waals surface area contributed by atoms with Crippen molar-refractivity contribution in [2.24, 2.45) is 0 Å². The Bertz CT molecular complexity index is 4590. The van der Waals surface area contributed by atoms with Crippen LogP contribution < -0.4 is 4.90 Å². The van der Waals surface area contributed by atoms with Gasteiger partial charge >= 0.3 is 0 Å². The molecule has 0 aliphatic heterocycles. The number of nitrogens with zero attached hydrogens (tertiary/aromatic N) is 1. The monoisotopic (exact) mass is 935 g/mol. The maximum atomic E-state index is 2.57. The van der Waals surface area contributed by atoms with Gasteiger partial charge in [-0.05, 0) is 168 Å². The number of anilines is 3. The molecule has 74 heavy (non-hydrogen) atoms. The number of benzene rings is 14. The molecular formula is C73H45N. The summed E-state index contributed by atoms with van der Waals surface area (Å²) >= 11 is 0. The molecule has 14 aromatic rings. The van der Waals surface area contributed by atoms with E-state index in [4.69, 9.17) is 0 Å². The summed E-state index contributed by atoms with van der Waals surface area (Å²) in [6.07, 6.45) is 0. The summed E-state index contributed by atoms with van der Waals surface area (Å²) in [7, 11) is 0. The number of hydrogen-bond donors (Lipinski definition) is 0. The third kappa shape index (κ3) is 5.81. The summed E-state index contributed by atoms with van der Waals surface area (Å²) < 4.78 is 0. The predicted octanol–water partition coefficient (Wildman–Crippen LogP) is 19.8. The summed E-state index contributed by atoms with van der Waals surface area (Å²) in [5.74, 6) is 0. The maximum absolute atomic E-state index is 2.57. The molecular weight excluding hydrogens is 891 g/mol. The van der Waals surface area contributed by atoms with E-state index in [9.17, 15) is 0 Å². The molecule has 1 spiro atoms. The highest BCUT2D eigenvalue weighted by Gasteiger charge is 2.52. The first-order valence-corrected chi connectivity index (χ1v) is 25.8. The molecule has 16 rings (SSSR count). The van der Waals surface area contributed by atoms with Gasteiger partial charge in [-0.3, -0.25) is 0 Å². The van der Waals surface area contributed by atoms with E-state index >= 15 is 0 Å². The molecule has 0 saturated heterocycles. The topological polar surface area (TPSA) is 3.24 Å². The molecule has 0 radical (unpaired) electrons. The van der Waals surface area contributed by atoms with Crippen LogP contribution in [0.3, 0.4) is 0 Å². The molecule has 0 unspecified atom stereocenters. The Hall–Kier alpha value is -9.56. The van der Waals surface area contributed by atoms with Gasteiger partial charge in [-0.15, -0.1) is 0 Å². The lowest BCUT2D eigenvalue weighted by Crippen LogP contribution is -2.26. The number of fused-ring (bicyclic) bond motifs is 20. The first-order chi connectivity index (χ1) is 36.7. The number of rotatable bonds is 5. The molecule has 1 heteroatoms. The fourth-order valence-electron chi connectivity index (χ4n) is 13.4. The second-order valence-corrected chi connectivity index (χ2v) is 20.3. The normalized spacial score (nSPS) is 13.0. The van der Waals surface area contributed by atoms with Crippen molar-refractivity contribution in [3.05, 3.63) is 295 Å². The van der Waals surface area contributed by atoms with Gasteiger partial charge in [-0.2, -0.15) is 0 Å². The fourth-order valence-corrected chi connectivity index (χ4v) is 13.4. The highest BCUT2D eigenvalue weighted by molar-refractivity contribution is 6.26. The zero-order valence-corrected chi connectivity index (χ0v) is 40.4. The Kier molecular flexibility index (Phi) is 8.73. The molecule has 2 aliphatic carbocycles. The van der Waals surface area contributed by atoms with Crippen molar-refractivity contribution in [2.45, 2.75) is 5.41 Å². The molecule has 0 heterocycles. The summed E-state index contributed by atoms with van der Waals surface area (Å²) in [6.45, 7) is 0. The van der Waals surface area contributed by atoms with Gasteiger partial charge < -0.3 is 4.90 Å². The first-order valence-electron chi connectivity index (χ1n) is 25.8. The molecule has 0 N–H and O–H groups in total. The van der Waals surface area contributed by atoms with Crippen molar-refractivity contribution < 1.29 is 0 Å². The largest absolute Gasteiger partial charge is 0.310 e. The van der Waals surface area contributed by atoms with Gasteiger partial charge in [0.15, 0.2) is 0 Å². The van der Waals surface area contributed by atoms with Crippen molar-refractivity contribution in [3.63, 3.8) is 0 Å². The van der Waals surface area contributed by atoms with Crippen LogP contribution in [0.5, 0.6) is 0 Å². The predicted molar refractivity (Wildman–Crippen MR) is 313 cm³/mol. The molecule has 0 aromatic heterocycles. The van der Waals surface area contributed by atoms with E-state index in [1.165, 1.54) is 126 Å². The summed E-state index contributed by atoms with van der Waals surface area (Å²) in [5.41, 5.74) is 18.0. The van der Waals surface area contributed by atoms with Gasteiger partial charge in [0.25, 0.3) is 0 Å². The zero-order valence-electron chi connectivity index (χ0n) is 40.4. The van der Waals surface area contributed by atoms with Crippen molar-refractivity contribution >= 4 is 81.7 Å². The Morgan fingerprint density at radius 3 is 1.34 bits per heavy atom. The minimum absolute atomic E-state index is 0.523. The van der Waals surface area contributed by atoms with Crippen LogP contribution in [0, 0.1) is 0 Å². The van der Waals surface area contributed by atoms with Crippen LogP contribution >= 0.6 is 0 Å². The Morgan fingerprint density at radius 2 is 0.662 bits per heavy atom. The quantitative estimate of drug-likeness (QED) is 0.155. The van der Waals surface area contributed by atoms with Crippen molar-refractivity contribution in [3.8, 4) is 44.5 Å². The minimum atomic E-state index is -0.523. The van der Waals surface area contributed by atoms with Crippen LogP contribution in [0.15, 0.2) is 273 Å². The lowest BCUT2D eigenvalue weighted by molar-refractivity contribution is 0.794. The first kappa shape index (κ1) is 41.1. The van der Waals surface area contributed by atoms with Crippen molar-refractivity contribution in [1.82, 2.24) is 0 Å². The van der Waals surface area contributed by atoms with Crippen LogP contribution in [-0.2, 0) is 5.41 Å². The van der Waals surface area contributed by atoms with Crippen LogP contribution in [0.2, 0.25) is 0 Å². The maximum Gasteiger partial charge on any atom is 0.0726 e. The van der Waals surface area contributed by atoms with Gasteiger partial charge in [-0.1, -0.05) is 231 Å². The van der Waals surface area contributed by atoms with Gasteiger partial charge in [-0.25, -0.2) is 0 Å². The molecule has 2 aliphatic rings. The number of hydrogen-bond acceptors (Lipinski definition) is 1. The average molecular weight is 936 g/mol. The average Bonchev–Trinajstić information content (AvgIpc) is 3.99. The van der Waals surface area contributed by atoms with Crippen molar-refractivity contribution in [2.75, 3.05) is 4.90 Å². The van der Waals surface area contributed by atoms with Crippen LogP contribution in [-0.4, -0.2) is 0 Å². The molecule has 0 amide bonds. The molecule has 1 nitrogen and oxygen atoms in total. The van der Waals surface area contributed by atoms with Crippen molar-refractivity contribution in [1.29, 1.82) is 0 Å². The second kappa shape index (κ2) is 15.7. The van der Waals surface area contributed by atoms with E-state index in [0.717, 1.165) is 22.6 Å². The smallest absolute Gasteiger partial charge is 0.0726 e. The third-order valence-corrected chi connectivity index (χ3v) is 16.6. The van der Waals surface area contributed by atoms with Crippen LogP contribution in [0.4, 0.5) is 17.1 Å². The lowest BCUT2D eigenvalue weighted by Gasteiger charge is -2.33. The highest BCUT2D eigenvalue weighted by atomic mass is 15.1. The zero-order chi connectivity index (χ0) is 48.5. The van der Waals surface area contributed by atoms with Gasteiger partial charge in [0.05, 0.1) is 11.1 Å².